The number of hydrogen-bond donors (Lipinski definition) is 2. The highest BCUT2D eigenvalue weighted by Crippen LogP contribution is 2.44. The Morgan fingerprint density at radius 3 is 2.50 bits per heavy atom. The fourth-order valence-electron chi connectivity index (χ4n) is 4.12. The summed E-state index contributed by atoms with van der Waals surface area (Å²) in [6, 6.07) is 16.0. The van der Waals surface area contributed by atoms with E-state index in [4.69, 9.17) is 0 Å². The number of nitrogens with one attached hydrogen (secondary N) is 2. The minimum absolute atomic E-state index is 0.0609. The van der Waals surface area contributed by atoms with Crippen LogP contribution < -0.4 is 10.6 Å². The Kier molecular flexibility index (Phi) is 4.24. The molecule has 2 heterocycles. The lowest BCUT2D eigenvalue weighted by atomic mass is 9.73. The van der Waals surface area contributed by atoms with Crippen LogP contribution in [0.5, 0.6) is 0 Å². The first-order valence-corrected chi connectivity index (χ1v) is 9.07. The first-order chi connectivity index (χ1) is 12.6. The number of piperidine rings is 1. The number of fused-ring (bicyclic) bond motifs is 2. The van der Waals surface area contributed by atoms with Gasteiger partial charge in [0.15, 0.2) is 0 Å². The van der Waals surface area contributed by atoms with Gasteiger partial charge in [-0.15, -0.1) is 0 Å². The zero-order valence-corrected chi connectivity index (χ0v) is 14.9. The SMILES string of the molecule is CC(=O)Nc1ccc(CN2CCC3(CC2)C(=O)Nc2ccccc23)cc1. The topological polar surface area (TPSA) is 61.4 Å². The van der Waals surface area contributed by atoms with Gasteiger partial charge >= 0.3 is 0 Å². The second kappa shape index (κ2) is 6.57. The summed E-state index contributed by atoms with van der Waals surface area (Å²) < 4.78 is 0. The van der Waals surface area contributed by atoms with Crippen molar-refractivity contribution in [2.24, 2.45) is 0 Å². The van der Waals surface area contributed by atoms with E-state index in [9.17, 15) is 9.59 Å². The number of amides is 2. The molecule has 0 unspecified atom stereocenters. The van der Waals surface area contributed by atoms with Crippen molar-refractivity contribution in [3.05, 3.63) is 59.7 Å². The van der Waals surface area contributed by atoms with Crippen LogP contribution in [0.2, 0.25) is 0 Å². The number of likely N-dealkylation sites (tertiary alicyclic amines) is 1. The molecular formula is C21H23N3O2. The van der Waals surface area contributed by atoms with Crippen LogP contribution in [-0.4, -0.2) is 29.8 Å². The van der Waals surface area contributed by atoms with E-state index in [-0.39, 0.29) is 17.2 Å². The largest absolute Gasteiger partial charge is 0.326 e. The molecule has 0 atom stereocenters. The van der Waals surface area contributed by atoms with E-state index in [2.05, 4.69) is 21.6 Å². The summed E-state index contributed by atoms with van der Waals surface area (Å²) in [7, 11) is 0. The Morgan fingerprint density at radius 1 is 1.12 bits per heavy atom. The third-order valence-electron chi connectivity index (χ3n) is 5.52. The molecule has 2 aliphatic rings. The van der Waals surface area contributed by atoms with Crippen molar-refractivity contribution in [1.29, 1.82) is 0 Å². The molecule has 2 amide bonds. The fraction of sp³-hybridized carbons (Fsp3) is 0.333. The number of carbonyl (C=O) groups excluding carboxylic acids is 2. The molecule has 2 aliphatic heterocycles. The van der Waals surface area contributed by atoms with Gasteiger partial charge in [-0.2, -0.15) is 0 Å². The first-order valence-electron chi connectivity index (χ1n) is 9.07. The molecule has 0 saturated carbocycles. The maximum absolute atomic E-state index is 12.6. The van der Waals surface area contributed by atoms with Gasteiger partial charge in [0.05, 0.1) is 5.41 Å². The summed E-state index contributed by atoms with van der Waals surface area (Å²) >= 11 is 0. The van der Waals surface area contributed by atoms with E-state index in [1.54, 1.807) is 0 Å². The number of hydrogen-bond acceptors (Lipinski definition) is 3. The Balaban J connectivity index is 1.41. The number of carbonyl (C=O) groups is 2. The highest BCUT2D eigenvalue weighted by molar-refractivity contribution is 6.06. The average Bonchev–Trinajstić information content (AvgIpc) is 2.90. The number of anilines is 2. The zero-order valence-electron chi connectivity index (χ0n) is 14.9. The Morgan fingerprint density at radius 2 is 1.81 bits per heavy atom. The lowest BCUT2D eigenvalue weighted by Crippen LogP contribution is -2.46. The van der Waals surface area contributed by atoms with Crippen LogP contribution in [0.3, 0.4) is 0 Å². The molecule has 1 saturated heterocycles. The molecule has 0 aromatic heterocycles. The Hall–Kier alpha value is -2.66. The van der Waals surface area contributed by atoms with Gasteiger partial charge in [-0.3, -0.25) is 14.5 Å². The lowest BCUT2D eigenvalue weighted by molar-refractivity contribution is -0.122. The molecule has 134 valence electrons. The highest BCUT2D eigenvalue weighted by atomic mass is 16.2. The number of rotatable bonds is 3. The molecule has 2 N–H and O–H groups in total. The lowest BCUT2D eigenvalue weighted by Gasteiger charge is -2.38. The summed E-state index contributed by atoms with van der Waals surface area (Å²) in [5, 5.41) is 5.84. The number of benzene rings is 2. The van der Waals surface area contributed by atoms with Crippen LogP contribution in [0.15, 0.2) is 48.5 Å². The van der Waals surface area contributed by atoms with Gasteiger partial charge in [0.25, 0.3) is 0 Å². The smallest absolute Gasteiger partial charge is 0.235 e. The zero-order chi connectivity index (χ0) is 18.1. The highest BCUT2D eigenvalue weighted by Gasteiger charge is 2.48. The third kappa shape index (κ3) is 2.99. The summed E-state index contributed by atoms with van der Waals surface area (Å²) in [4.78, 5) is 26.1. The molecule has 2 aromatic rings. The van der Waals surface area contributed by atoms with Crippen molar-refractivity contribution >= 4 is 23.2 Å². The second-order valence-electron chi connectivity index (χ2n) is 7.24. The van der Waals surface area contributed by atoms with E-state index in [0.717, 1.165) is 49.4 Å². The normalized spacial score (nSPS) is 18.4. The van der Waals surface area contributed by atoms with Gasteiger partial charge in [0.2, 0.25) is 11.8 Å². The van der Waals surface area contributed by atoms with Crippen molar-refractivity contribution in [3.63, 3.8) is 0 Å². The molecule has 2 aromatic carbocycles. The molecular weight excluding hydrogens is 326 g/mol. The van der Waals surface area contributed by atoms with Gasteiger partial charge < -0.3 is 10.6 Å². The van der Waals surface area contributed by atoms with Crippen LogP contribution >= 0.6 is 0 Å². The fourth-order valence-corrected chi connectivity index (χ4v) is 4.12. The van der Waals surface area contributed by atoms with Crippen molar-refractivity contribution in [3.8, 4) is 0 Å². The quantitative estimate of drug-likeness (QED) is 0.895. The van der Waals surface area contributed by atoms with E-state index >= 15 is 0 Å². The van der Waals surface area contributed by atoms with Gasteiger partial charge in [-0.05, 0) is 55.3 Å². The maximum Gasteiger partial charge on any atom is 0.235 e. The van der Waals surface area contributed by atoms with Gasteiger partial charge in [0.1, 0.15) is 0 Å². The minimum Gasteiger partial charge on any atom is -0.326 e. The van der Waals surface area contributed by atoms with Crippen LogP contribution in [0.4, 0.5) is 11.4 Å². The standard InChI is InChI=1S/C21H23N3O2/c1-15(25)22-17-8-6-16(7-9-17)14-24-12-10-21(11-13-24)18-4-2-3-5-19(18)23-20(21)26/h2-9H,10-14H2,1H3,(H,22,25)(H,23,26). The maximum atomic E-state index is 12.6. The van der Waals surface area contributed by atoms with Crippen molar-refractivity contribution in [2.45, 2.75) is 31.7 Å². The first kappa shape index (κ1) is 16.8. The average molecular weight is 349 g/mol. The molecule has 1 fully saturated rings. The molecule has 1 spiro atoms. The van der Waals surface area contributed by atoms with Crippen LogP contribution in [0.25, 0.3) is 0 Å². The van der Waals surface area contributed by atoms with E-state index < -0.39 is 0 Å². The van der Waals surface area contributed by atoms with E-state index in [1.807, 2.05) is 42.5 Å². The molecule has 0 bridgehead atoms. The summed E-state index contributed by atoms with van der Waals surface area (Å²) in [5.41, 5.74) is 3.80. The monoisotopic (exact) mass is 349 g/mol. The van der Waals surface area contributed by atoms with Crippen LogP contribution in [0, 0.1) is 0 Å². The molecule has 5 heteroatoms. The summed E-state index contributed by atoms with van der Waals surface area (Å²) in [5.74, 6) is 0.0900. The number of nitrogens with zero attached hydrogens (tertiary/aromatic N) is 1. The van der Waals surface area contributed by atoms with Gasteiger partial charge in [-0.1, -0.05) is 30.3 Å². The molecule has 4 rings (SSSR count). The molecule has 0 aliphatic carbocycles. The summed E-state index contributed by atoms with van der Waals surface area (Å²) in [6.45, 7) is 4.17. The van der Waals surface area contributed by atoms with Gasteiger partial charge in [-0.25, -0.2) is 0 Å². The predicted molar refractivity (Wildman–Crippen MR) is 102 cm³/mol. The Labute approximate surface area is 153 Å². The van der Waals surface area contributed by atoms with Gasteiger partial charge in [0, 0.05) is 24.8 Å². The molecule has 26 heavy (non-hydrogen) atoms. The predicted octanol–water partition coefficient (Wildman–Crippen LogP) is 3.13. The second-order valence-corrected chi connectivity index (χ2v) is 7.24. The van der Waals surface area contributed by atoms with Crippen LogP contribution in [0.1, 0.15) is 30.9 Å². The van der Waals surface area contributed by atoms with E-state index in [0.29, 0.717) is 0 Å². The van der Waals surface area contributed by atoms with E-state index in [1.165, 1.54) is 12.5 Å². The minimum atomic E-state index is -0.359. The van der Waals surface area contributed by atoms with Crippen molar-refractivity contribution in [1.82, 2.24) is 4.90 Å². The van der Waals surface area contributed by atoms with Crippen molar-refractivity contribution < 1.29 is 9.59 Å². The third-order valence-corrected chi connectivity index (χ3v) is 5.52. The molecule has 5 nitrogen and oxygen atoms in total. The summed E-state index contributed by atoms with van der Waals surface area (Å²) in [6.07, 6.45) is 1.69. The van der Waals surface area contributed by atoms with Crippen LogP contribution in [-0.2, 0) is 21.5 Å². The molecule has 0 radical (unpaired) electrons. The number of para-hydroxylation sites is 1. The Bertz CT molecular complexity index is 837. The van der Waals surface area contributed by atoms with Crippen molar-refractivity contribution in [2.75, 3.05) is 23.7 Å².